The highest BCUT2D eigenvalue weighted by Crippen LogP contribution is 2.25. The first-order valence-corrected chi connectivity index (χ1v) is 7.17. The van der Waals surface area contributed by atoms with E-state index in [0.29, 0.717) is 23.7 Å². The first-order valence-electron chi connectivity index (χ1n) is 6.80. The summed E-state index contributed by atoms with van der Waals surface area (Å²) in [5.41, 5.74) is 1.51. The summed E-state index contributed by atoms with van der Waals surface area (Å²) in [6, 6.07) is 9.52. The van der Waals surface area contributed by atoms with Gasteiger partial charge in [-0.2, -0.15) is 10.4 Å². The lowest BCUT2D eigenvalue weighted by Crippen LogP contribution is -2.44. The number of hydrogen-bond donors (Lipinski definition) is 0. The Morgan fingerprint density at radius 3 is 3.14 bits per heavy atom. The van der Waals surface area contributed by atoms with Gasteiger partial charge in [-0.05, 0) is 24.3 Å². The summed E-state index contributed by atoms with van der Waals surface area (Å²) in [6.07, 6.45) is 3.74. The number of nitriles is 1. The van der Waals surface area contributed by atoms with Crippen LogP contribution < -0.4 is 4.90 Å². The van der Waals surface area contributed by atoms with E-state index in [1.54, 1.807) is 12.3 Å². The maximum Gasteiger partial charge on any atom is 0.101 e. The lowest BCUT2D eigenvalue weighted by atomic mass is 10.1. The fourth-order valence-corrected chi connectivity index (χ4v) is 2.71. The van der Waals surface area contributed by atoms with Gasteiger partial charge >= 0.3 is 0 Å². The van der Waals surface area contributed by atoms with E-state index in [9.17, 15) is 5.26 Å². The number of anilines is 1. The minimum Gasteiger partial charge on any atom is -0.373 e. The van der Waals surface area contributed by atoms with Crippen molar-refractivity contribution in [3.05, 3.63) is 47.2 Å². The van der Waals surface area contributed by atoms with E-state index in [2.05, 4.69) is 16.1 Å². The van der Waals surface area contributed by atoms with Crippen LogP contribution in [0.2, 0.25) is 5.02 Å². The van der Waals surface area contributed by atoms with Gasteiger partial charge in [0.25, 0.3) is 0 Å². The lowest BCUT2D eigenvalue weighted by Gasteiger charge is -2.35. The molecule has 108 valence electrons. The van der Waals surface area contributed by atoms with Crippen molar-refractivity contribution in [2.75, 3.05) is 24.6 Å². The van der Waals surface area contributed by atoms with E-state index in [1.807, 2.05) is 29.1 Å². The van der Waals surface area contributed by atoms with Crippen LogP contribution in [-0.4, -0.2) is 35.6 Å². The highest BCUT2D eigenvalue weighted by molar-refractivity contribution is 6.30. The van der Waals surface area contributed by atoms with Crippen LogP contribution in [0.4, 0.5) is 5.69 Å². The van der Waals surface area contributed by atoms with Crippen LogP contribution in [-0.2, 0) is 11.3 Å². The predicted octanol–water partition coefficient (Wildman–Crippen LogP) is 2.31. The van der Waals surface area contributed by atoms with E-state index < -0.39 is 0 Å². The molecular formula is C15H15ClN4O. The van der Waals surface area contributed by atoms with Gasteiger partial charge in [0, 0.05) is 30.5 Å². The first kappa shape index (κ1) is 13.9. The summed E-state index contributed by atoms with van der Waals surface area (Å²) >= 11 is 5.95. The zero-order valence-electron chi connectivity index (χ0n) is 11.4. The van der Waals surface area contributed by atoms with Crippen LogP contribution in [0.1, 0.15) is 5.56 Å². The molecule has 6 heteroatoms. The largest absolute Gasteiger partial charge is 0.373 e. The van der Waals surface area contributed by atoms with E-state index >= 15 is 0 Å². The van der Waals surface area contributed by atoms with Crippen LogP contribution in [0.25, 0.3) is 0 Å². The topological polar surface area (TPSA) is 54.1 Å². The second-order valence-corrected chi connectivity index (χ2v) is 5.38. The number of nitrogens with zero attached hydrogens (tertiary/aromatic N) is 4. The Morgan fingerprint density at radius 2 is 2.38 bits per heavy atom. The number of aromatic nitrogens is 2. The third kappa shape index (κ3) is 3.18. The van der Waals surface area contributed by atoms with Crippen molar-refractivity contribution in [2.45, 2.75) is 12.6 Å². The standard InChI is InChI=1S/C15H15ClN4O/c16-13-2-3-15(12(8-13)9-17)19-6-7-21-14(10-19)11-20-5-1-4-18-20/h1-5,8,14H,6-7,10-11H2. The van der Waals surface area contributed by atoms with E-state index in [4.69, 9.17) is 16.3 Å². The Kier molecular flexibility index (Phi) is 4.09. The van der Waals surface area contributed by atoms with Gasteiger partial charge in [0.2, 0.25) is 0 Å². The molecule has 2 heterocycles. The zero-order chi connectivity index (χ0) is 14.7. The lowest BCUT2D eigenvalue weighted by molar-refractivity contribution is 0.0274. The van der Waals surface area contributed by atoms with Gasteiger partial charge in [0.15, 0.2) is 0 Å². The second-order valence-electron chi connectivity index (χ2n) is 4.94. The van der Waals surface area contributed by atoms with Crippen molar-refractivity contribution in [1.82, 2.24) is 9.78 Å². The summed E-state index contributed by atoms with van der Waals surface area (Å²) in [7, 11) is 0. The molecule has 0 aliphatic carbocycles. The summed E-state index contributed by atoms with van der Waals surface area (Å²) in [5, 5.41) is 14.0. The maximum absolute atomic E-state index is 9.27. The number of halogens is 1. The monoisotopic (exact) mass is 302 g/mol. The third-order valence-corrected chi connectivity index (χ3v) is 3.74. The highest BCUT2D eigenvalue weighted by Gasteiger charge is 2.23. The quantitative estimate of drug-likeness (QED) is 0.873. The van der Waals surface area contributed by atoms with Gasteiger partial charge in [-0.1, -0.05) is 11.6 Å². The smallest absolute Gasteiger partial charge is 0.101 e. The van der Waals surface area contributed by atoms with Gasteiger partial charge < -0.3 is 9.64 Å². The average molecular weight is 303 g/mol. The minimum absolute atomic E-state index is 0.0564. The van der Waals surface area contributed by atoms with Crippen molar-refractivity contribution in [2.24, 2.45) is 0 Å². The minimum atomic E-state index is 0.0564. The van der Waals surface area contributed by atoms with Crippen LogP contribution in [0.3, 0.4) is 0 Å². The molecule has 0 N–H and O–H groups in total. The molecule has 3 rings (SSSR count). The summed E-state index contributed by atoms with van der Waals surface area (Å²) in [6.45, 7) is 2.85. The van der Waals surface area contributed by atoms with Crippen molar-refractivity contribution >= 4 is 17.3 Å². The average Bonchev–Trinajstić information content (AvgIpc) is 3.00. The number of benzene rings is 1. The fourth-order valence-electron chi connectivity index (χ4n) is 2.54. The zero-order valence-corrected chi connectivity index (χ0v) is 12.2. The predicted molar refractivity (Wildman–Crippen MR) is 80.3 cm³/mol. The van der Waals surface area contributed by atoms with Gasteiger partial charge in [0.1, 0.15) is 6.07 Å². The molecule has 0 amide bonds. The van der Waals surface area contributed by atoms with E-state index in [0.717, 1.165) is 18.8 Å². The number of hydrogen-bond acceptors (Lipinski definition) is 4. The molecule has 0 saturated carbocycles. The Morgan fingerprint density at radius 1 is 1.48 bits per heavy atom. The normalized spacial score (nSPS) is 18.5. The molecule has 1 aliphatic heterocycles. The first-order chi connectivity index (χ1) is 10.3. The number of morpholine rings is 1. The Balaban J connectivity index is 1.75. The molecule has 0 radical (unpaired) electrons. The summed E-state index contributed by atoms with van der Waals surface area (Å²) in [5.74, 6) is 0. The fraction of sp³-hybridized carbons (Fsp3) is 0.333. The van der Waals surface area contributed by atoms with Crippen LogP contribution in [0, 0.1) is 11.3 Å². The Labute approximate surface area is 128 Å². The van der Waals surface area contributed by atoms with Crippen LogP contribution >= 0.6 is 11.6 Å². The van der Waals surface area contributed by atoms with Crippen LogP contribution in [0.15, 0.2) is 36.7 Å². The van der Waals surface area contributed by atoms with E-state index in [-0.39, 0.29) is 6.10 Å². The molecule has 0 spiro atoms. The highest BCUT2D eigenvalue weighted by atomic mass is 35.5. The molecule has 5 nitrogen and oxygen atoms in total. The van der Waals surface area contributed by atoms with Gasteiger partial charge in [-0.15, -0.1) is 0 Å². The number of ether oxygens (including phenoxy) is 1. The molecule has 1 unspecified atom stereocenters. The second kappa shape index (κ2) is 6.17. The van der Waals surface area contributed by atoms with Crippen molar-refractivity contribution < 1.29 is 4.74 Å². The van der Waals surface area contributed by atoms with Crippen molar-refractivity contribution in [1.29, 1.82) is 5.26 Å². The van der Waals surface area contributed by atoms with Gasteiger partial charge in [-0.3, -0.25) is 4.68 Å². The molecule has 1 aliphatic rings. The molecule has 1 aromatic carbocycles. The van der Waals surface area contributed by atoms with Gasteiger partial charge in [-0.25, -0.2) is 0 Å². The molecule has 1 fully saturated rings. The van der Waals surface area contributed by atoms with Crippen molar-refractivity contribution in [3.63, 3.8) is 0 Å². The van der Waals surface area contributed by atoms with Gasteiger partial charge in [0.05, 0.1) is 30.5 Å². The molecule has 1 aromatic heterocycles. The van der Waals surface area contributed by atoms with Crippen LogP contribution in [0.5, 0.6) is 0 Å². The maximum atomic E-state index is 9.27. The molecular weight excluding hydrogens is 288 g/mol. The summed E-state index contributed by atoms with van der Waals surface area (Å²) < 4.78 is 7.65. The van der Waals surface area contributed by atoms with Crippen molar-refractivity contribution in [3.8, 4) is 6.07 Å². The van der Waals surface area contributed by atoms with E-state index in [1.165, 1.54) is 0 Å². The molecule has 1 saturated heterocycles. The molecule has 21 heavy (non-hydrogen) atoms. The third-order valence-electron chi connectivity index (χ3n) is 3.51. The molecule has 2 aromatic rings. The Bertz CT molecular complexity index is 650. The molecule has 0 bridgehead atoms. The number of rotatable bonds is 3. The summed E-state index contributed by atoms with van der Waals surface area (Å²) in [4.78, 5) is 2.17. The SMILES string of the molecule is N#Cc1cc(Cl)ccc1N1CCOC(Cn2cccn2)C1. The Hall–Kier alpha value is -2.03. The molecule has 1 atom stereocenters.